The molecule has 0 bridgehead atoms. The van der Waals surface area contributed by atoms with Crippen molar-refractivity contribution in [3.63, 3.8) is 0 Å². The normalized spacial score (nSPS) is 11.7. The molecule has 4 aromatic rings. The number of halogens is 2. The number of hydrazone groups is 1. The van der Waals surface area contributed by atoms with Gasteiger partial charge in [0.25, 0.3) is 5.91 Å². The van der Waals surface area contributed by atoms with E-state index in [1.807, 2.05) is 79.7 Å². The maximum atomic E-state index is 12.5. The van der Waals surface area contributed by atoms with Gasteiger partial charge in [0.05, 0.1) is 29.0 Å². The minimum atomic E-state index is -0.194. The van der Waals surface area contributed by atoms with Crippen molar-refractivity contribution in [1.82, 2.24) is 15.0 Å². The van der Waals surface area contributed by atoms with Crippen molar-refractivity contribution >= 4 is 61.9 Å². The van der Waals surface area contributed by atoms with Crippen LogP contribution in [0.3, 0.4) is 0 Å². The molecule has 5 nitrogen and oxygen atoms in total. The van der Waals surface area contributed by atoms with Gasteiger partial charge in [-0.3, -0.25) is 4.79 Å². The Kier molecular flexibility index (Phi) is 7.29. The van der Waals surface area contributed by atoms with Crippen molar-refractivity contribution < 1.29 is 4.79 Å². The predicted octanol–water partition coefficient (Wildman–Crippen LogP) is 6.13. The highest BCUT2D eigenvalue weighted by Gasteiger charge is 2.14. The Labute approximate surface area is 204 Å². The summed E-state index contributed by atoms with van der Waals surface area (Å²) in [5, 5.41) is 5.69. The number of hydrogen-bond donors (Lipinski definition) is 1. The molecule has 1 N–H and O–H groups in total. The number of nitrogens with zero attached hydrogens (tertiary/aromatic N) is 3. The fourth-order valence-electron chi connectivity index (χ4n) is 3.20. The molecule has 0 radical (unpaired) electrons. The molecule has 0 aliphatic rings. The van der Waals surface area contributed by atoms with Crippen LogP contribution in [0.4, 0.5) is 0 Å². The van der Waals surface area contributed by atoms with Gasteiger partial charge in [-0.05, 0) is 48.4 Å². The molecule has 0 spiro atoms. The van der Waals surface area contributed by atoms with Gasteiger partial charge < -0.3 is 4.57 Å². The average Bonchev–Trinajstić information content (AvgIpc) is 3.15. The molecule has 1 heterocycles. The highest BCUT2D eigenvalue weighted by atomic mass is 79.9. The number of nitrogens with one attached hydrogen (secondary N) is 1. The molecule has 8 heteroatoms. The van der Waals surface area contributed by atoms with Gasteiger partial charge in [0.1, 0.15) is 0 Å². The van der Waals surface area contributed by atoms with Crippen LogP contribution in [0, 0.1) is 0 Å². The monoisotopic (exact) mass is 526 g/mol. The molecular formula is C24H20BrClN4OS. The highest BCUT2D eigenvalue weighted by molar-refractivity contribution is 9.10. The third kappa shape index (κ3) is 5.41. The van der Waals surface area contributed by atoms with Crippen molar-refractivity contribution in [3.05, 3.63) is 93.4 Å². The summed E-state index contributed by atoms with van der Waals surface area (Å²) >= 11 is 11.2. The lowest BCUT2D eigenvalue weighted by atomic mass is 10.1. The number of imidazole rings is 1. The Morgan fingerprint density at radius 2 is 1.91 bits per heavy atom. The number of carbonyl (C=O) groups excluding carboxylic acids is 1. The second kappa shape index (κ2) is 10.3. The molecule has 0 fully saturated rings. The molecule has 162 valence electrons. The van der Waals surface area contributed by atoms with E-state index in [9.17, 15) is 4.79 Å². The Balaban J connectivity index is 1.49. The standard InChI is InChI=1S/C24H20BrClN4OS/c1-16(17-8-6-9-19(25)13-17)28-29-23(31)15-32-24-27-21-11-4-5-12-22(21)30(24)14-18-7-2-3-10-20(18)26/h2-13H,14-15H2,1H3,(H,29,31)/b28-16+. The van der Waals surface area contributed by atoms with E-state index in [2.05, 4.69) is 31.0 Å². The van der Waals surface area contributed by atoms with Gasteiger partial charge in [0.15, 0.2) is 5.16 Å². The number of thioether (sulfide) groups is 1. The number of rotatable bonds is 7. The topological polar surface area (TPSA) is 59.3 Å². The summed E-state index contributed by atoms with van der Waals surface area (Å²) in [6, 6.07) is 23.4. The van der Waals surface area contributed by atoms with E-state index in [0.717, 1.165) is 37.5 Å². The third-order valence-corrected chi connectivity index (χ3v) is 6.67. The van der Waals surface area contributed by atoms with E-state index < -0.39 is 0 Å². The maximum Gasteiger partial charge on any atom is 0.250 e. The Bertz CT molecular complexity index is 1300. The van der Waals surface area contributed by atoms with Gasteiger partial charge >= 0.3 is 0 Å². The van der Waals surface area contributed by atoms with Gasteiger partial charge in [-0.1, -0.05) is 81.8 Å². The lowest BCUT2D eigenvalue weighted by Gasteiger charge is -2.10. The van der Waals surface area contributed by atoms with E-state index in [1.165, 1.54) is 11.8 Å². The van der Waals surface area contributed by atoms with Crippen LogP contribution in [-0.2, 0) is 11.3 Å². The number of carbonyl (C=O) groups is 1. The van der Waals surface area contributed by atoms with E-state index >= 15 is 0 Å². The second-order valence-electron chi connectivity index (χ2n) is 7.09. The number of fused-ring (bicyclic) bond motifs is 1. The molecule has 3 aromatic carbocycles. The predicted molar refractivity (Wildman–Crippen MR) is 136 cm³/mol. The molecule has 0 aliphatic heterocycles. The molecule has 1 amide bonds. The first-order valence-corrected chi connectivity index (χ1v) is 12.1. The van der Waals surface area contributed by atoms with Crippen LogP contribution >= 0.6 is 39.3 Å². The lowest BCUT2D eigenvalue weighted by Crippen LogP contribution is -2.21. The van der Waals surface area contributed by atoms with Crippen LogP contribution < -0.4 is 5.43 Å². The number of benzene rings is 3. The first-order chi connectivity index (χ1) is 15.5. The Hall–Kier alpha value is -2.61. The summed E-state index contributed by atoms with van der Waals surface area (Å²) in [6.45, 7) is 2.43. The van der Waals surface area contributed by atoms with Crippen molar-refractivity contribution in [2.45, 2.75) is 18.6 Å². The third-order valence-electron chi connectivity index (χ3n) is 4.83. The summed E-state index contributed by atoms with van der Waals surface area (Å²) in [4.78, 5) is 17.2. The zero-order chi connectivity index (χ0) is 22.5. The van der Waals surface area contributed by atoms with Crippen molar-refractivity contribution in [3.8, 4) is 0 Å². The van der Waals surface area contributed by atoms with Gasteiger partial charge in [-0.25, -0.2) is 10.4 Å². The summed E-state index contributed by atoms with van der Waals surface area (Å²) in [5.41, 5.74) is 7.19. The molecule has 4 rings (SSSR count). The largest absolute Gasteiger partial charge is 0.314 e. The number of amides is 1. The van der Waals surface area contributed by atoms with Crippen molar-refractivity contribution in [1.29, 1.82) is 0 Å². The van der Waals surface area contributed by atoms with Crippen LogP contribution in [0.5, 0.6) is 0 Å². The average molecular weight is 528 g/mol. The first-order valence-electron chi connectivity index (χ1n) is 9.92. The van der Waals surface area contributed by atoms with E-state index in [1.54, 1.807) is 0 Å². The Morgan fingerprint density at radius 3 is 2.72 bits per heavy atom. The molecule has 0 saturated heterocycles. The zero-order valence-electron chi connectivity index (χ0n) is 17.3. The fourth-order valence-corrected chi connectivity index (χ4v) is 4.60. The Morgan fingerprint density at radius 1 is 1.12 bits per heavy atom. The van der Waals surface area contributed by atoms with Crippen molar-refractivity contribution in [2.24, 2.45) is 5.10 Å². The molecule has 0 aliphatic carbocycles. The fraction of sp³-hybridized carbons (Fsp3) is 0.125. The minimum absolute atomic E-state index is 0.194. The van der Waals surface area contributed by atoms with Gasteiger partial charge in [0.2, 0.25) is 0 Å². The molecule has 0 unspecified atom stereocenters. The van der Waals surface area contributed by atoms with Crippen LogP contribution in [0.1, 0.15) is 18.1 Å². The van der Waals surface area contributed by atoms with E-state index in [-0.39, 0.29) is 11.7 Å². The molecule has 0 saturated carbocycles. The van der Waals surface area contributed by atoms with Gasteiger partial charge in [-0.2, -0.15) is 5.10 Å². The van der Waals surface area contributed by atoms with Crippen LogP contribution in [-0.4, -0.2) is 26.9 Å². The van der Waals surface area contributed by atoms with Crippen LogP contribution in [0.2, 0.25) is 5.02 Å². The molecular weight excluding hydrogens is 508 g/mol. The number of para-hydroxylation sites is 2. The number of hydrogen-bond acceptors (Lipinski definition) is 4. The van der Waals surface area contributed by atoms with Gasteiger partial charge in [0, 0.05) is 9.50 Å². The minimum Gasteiger partial charge on any atom is -0.314 e. The van der Waals surface area contributed by atoms with Crippen molar-refractivity contribution in [2.75, 3.05) is 5.75 Å². The van der Waals surface area contributed by atoms with Crippen LogP contribution in [0.15, 0.2) is 87.5 Å². The lowest BCUT2D eigenvalue weighted by molar-refractivity contribution is -0.118. The second-order valence-corrected chi connectivity index (χ2v) is 9.36. The molecule has 32 heavy (non-hydrogen) atoms. The van der Waals surface area contributed by atoms with Crippen LogP contribution in [0.25, 0.3) is 11.0 Å². The van der Waals surface area contributed by atoms with E-state index in [4.69, 9.17) is 16.6 Å². The first kappa shape index (κ1) is 22.6. The SMILES string of the molecule is C/C(=N\NC(=O)CSc1nc2ccccc2n1Cc1ccccc1Cl)c1cccc(Br)c1. The zero-order valence-corrected chi connectivity index (χ0v) is 20.4. The summed E-state index contributed by atoms with van der Waals surface area (Å²) in [5.74, 6) is 0.00174. The van der Waals surface area contributed by atoms with E-state index in [0.29, 0.717) is 11.6 Å². The van der Waals surface area contributed by atoms with Gasteiger partial charge in [-0.15, -0.1) is 0 Å². The summed E-state index contributed by atoms with van der Waals surface area (Å²) in [6.07, 6.45) is 0. The smallest absolute Gasteiger partial charge is 0.250 e. The number of aromatic nitrogens is 2. The summed E-state index contributed by atoms with van der Waals surface area (Å²) < 4.78 is 3.05. The summed E-state index contributed by atoms with van der Waals surface area (Å²) in [7, 11) is 0. The maximum absolute atomic E-state index is 12.5. The molecule has 1 aromatic heterocycles. The molecule has 0 atom stereocenters. The highest BCUT2D eigenvalue weighted by Crippen LogP contribution is 2.27. The quantitative estimate of drug-likeness (QED) is 0.179.